The molecule has 162 valence electrons. The molecule has 1 unspecified atom stereocenters. The molecule has 0 bridgehead atoms. The van der Waals surface area contributed by atoms with E-state index in [1.807, 2.05) is 13.8 Å². The predicted molar refractivity (Wildman–Crippen MR) is 106 cm³/mol. The molecule has 1 amide bonds. The number of piperidine rings is 1. The second kappa shape index (κ2) is 8.28. The van der Waals surface area contributed by atoms with Crippen molar-refractivity contribution in [2.45, 2.75) is 45.6 Å². The summed E-state index contributed by atoms with van der Waals surface area (Å²) < 4.78 is 51.7. The molecule has 3 rings (SSSR count). The zero-order valence-electron chi connectivity index (χ0n) is 16.7. The largest absolute Gasteiger partial charge is 0.382 e. The lowest BCUT2D eigenvalue weighted by Crippen LogP contribution is -2.47. The third kappa shape index (κ3) is 4.46. The van der Waals surface area contributed by atoms with Crippen molar-refractivity contribution in [3.63, 3.8) is 0 Å². The topological polar surface area (TPSA) is 77.9 Å². The van der Waals surface area contributed by atoms with E-state index in [0.29, 0.717) is 44.6 Å². The highest BCUT2D eigenvalue weighted by atomic mass is 32.2. The van der Waals surface area contributed by atoms with E-state index in [9.17, 15) is 27.1 Å². The van der Waals surface area contributed by atoms with Crippen LogP contribution in [-0.2, 0) is 14.8 Å². The molecule has 2 aliphatic heterocycles. The summed E-state index contributed by atoms with van der Waals surface area (Å²) >= 11 is 0. The summed E-state index contributed by atoms with van der Waals surface area (Å²) in [4.78, 5) is 14.8. The van der Waals surface area contributed by atoms with E-state index in [1.54, 1.807) is 17.0 Å². The smallest absolute Gasteiger partial charge is 0.268 e. The van der Waals surface area contributed by atoms with Crippen LogP contribution in [0.1, 0.15) is 44.8 Å². The van der Waals surface area contributed by atoms with Crippen molar-refractivity contribution in [3.8, 4) is 0 Å². The Balaban J connectivity index is 1.68. The Hall–Kier alpha value is -1.58. The second-order valence-electron chi connectivity index (χ2n) is 8.43. The maximum absolute atomic E-state index is 13.1. The third-order valence-corrected chi connectivity index (χ3v) is 8.15. The van der Waals surface area contributed by atoms with E-state index in [4.69, 9.17) is 0 Å². The van der Waals surface area contributed by atoms with Crippen molar-refractivity contribution in [1.82, 2.24) is 4.31 Å². The van der Waals surface area contributed by atoms with E-state index in [0.717, 1.165) is 0 Å². The van der Waals surface area contributed by atoms with Crippen molar-refractivity contribution in [2.24, 2.45) is 11.3 Å². The molecule has 1 aromatic rings. The molecule has 9 heteroatoms. The minimum Gasteiger partial charge on any atom is -0.382 e. The average molecular weight is 431 g/mol. The highest BCUT2D eigenvalue weighted by Gasteiger charge is 2.49. The van der Waals surface area contributed by atoms with E-state index >= 15 is 0 Å². The summed E-state index contributed by atoms with van der Waals surface area (Å²) in [5.41, 5.74) is 0.145. The lowest BCUT2D eigenvalue weighted by Gasteiger charge is -2.37. The summed E-state index contributed by atoms with van der Waals surface area (Å²) in [5, 5.41) is 9.47. The molecule has 29 heavy (non-hydrogen) atoms. The number of halogens is 2. The Kier molecular flexibility index (Phi) is 6.31. The molecule has 0 aliphatic carbocycles. The fraction of sp³-hybridized carbons (Fsp3) is 0.650. The first kappa shape index (κ1) is 22.1. The van der Waals surface area contributed by atoms with Gasteiger partial charge in [-0.25, -0.2) is 21.5 Å². The molecular formula is C20H28F2N2O4S. The highest BCUT2D eigenvalue weighted by Crippen LogP contribution is 2.43. The monoisotopic (exact) mass is 430 g/mol. The number of rotatable bonds is 6. The van der Waals surface area contributed by atoms with Crippen LogP contribution in [0.5, 0.6) is 0 Å². The Morgan fingerprint density at radius 3 is 2.14 bits per heavy atom. The first-order valence-corrected chi connectivity index (χ1v) is 11.5. The van der Waals surface area contributed by atoms with Crippen molar-refractivity contribution in [2.75, 3.05) is 30.3 Å². The Bertz CT molecular complexity index is 835. The fourth-order valence-corrected chi connectivity index (χ4v) is 6.04. The first-order valence-electron chi connectivity index (χ1n) is 9.92. The van der Waals surface area contributed by atoms with Gasteiger partial charge in [0.25, 0.3) is 6.43 Å². The van der Waals surface area contributed by atoms with Gasteiger partial charge in [-0.2, -0.15) is 0 Å². The average Bonchev–Trinajstić information content (AvgIpc) is 2.97. The molecule has 2 saturated heterocycles. The van der Waals surface area contributed by atoms with Gasteiger partial charge < -0.3 is 10.0 Å². The number of aliphatic hydroxyl groups is 1. The molecule has 1 N–H and O–H groups in total. The van der Waals surface area contributed by atoms with Gasteiger partial charge in [0.1, 0.15) is 6.10 Å². The number of aliphatic hydroxyl groups excluding tert-OH is 1. The minimum atomic E-state index is -3.31. The maximum Gasteiger partial charge on any atom is 0.268 e. The molecule has 0 aromatic heterocycles. The third-order valence-electron chi connectivity index (χ3n) is 5.91. The van der Waals surface area contributed by atoms with Crippen LogP contribution in [0.25, 0.3) is 0 Å². The van der Waals surface area contributed by atoms with Gasteiger partial charge >= 0.3 is 0 Å². The summed E-state index contributed by atoms with van der Waals surface area (Å²) in [6.45, 7) is 4.93. The SMILES string of the molecule is CC(C)CS(=O)(=O)N1CCC2(CCN(c3ccc(C(O)C(F)F)cc3)C2=O)CC1. The lowest BCUT2D eigenvalue weighted by atomic mass is 9.77. The molecule has 6 nitrogen and oxygen atoms in total. The molecule has 0 saturated carbocycles. The number of hydrogen-bond donors (Lipinski definition) is 1. The predicted octanol–water partition coefficient (Wildman–Crippen LogP) is 2.79. The van der Waals surface area contributed by atoms with Crippen molar-refractivity contribution in [1.29, 1.82) is 0 Å². The first-order chi connectivity index (χ1) is 13.6. The Morgan fingerprint density at radius 2 is 1.62 bits per heavy atom. The van der Waals surface area contributed by atoms with Crippen LogP contribution in [0.15, 0.2) is 24.3 Å². The maximum atomic E-state index is 13.1. The number of anilines is 1. The van der Waals surface area contributed by atoms with Crippen LogP contribution in [0, 0.1) is 11.3 Å². The second-order valence-corrected chi connectivity index (χ2v) is 10.4. The normalized spacial score (nSPS) is 21.5. The quantitative estimate of drug-likeness (QED) is 0.753. The van der Waals surface area contributed by atoms with Crippen molar-refractivity contribution >= 4 is 21.6 Å². The molecule has 0 radical (unpaired) electrons. The van der Waals surface area contributed by atoms with Crippen LogP contribution in [-0.4, -0.2) is 55.5 Å². The highest BCUT2D eigenvalue weighted by molar-refractivity contribution is 7.89. The summed E-state index contributed by atoms with van der Waals surface area (Å²) in [5.74, 6) is 0.114. The van der Waals surface area contributed by atoms with Gasteiger partial charge in [-0.3, -0.25) is 4.79 Å². The summed E-state index contributed by atoms with van der Waals surface area (Å²) in [6, 6.07) is 5.96. The van der Waals surface area contributed by atoms with Gasteiger partial charge in [-0.15, -0.1) is 0 Å². The minimum absolute atomic E-state index is 0.0411. The number of amides is 1. The van der Waals surface area contributed by atoms with Crippen LogP contribution >= 0.6 is 0 Å². The zero-order valence-corrected chi connectivity index (χ0v) is 17.5. The lowest BCUT2D eigenvalue weighted by molar-refractivity contribution is -0.127. The summed E-state index contributed by atoms with van der Waals surface area (Å²) in [7, 11) is -3.31. The van der Waals surface area contributed by atoms with E-state index < -0.39 is 28.0 Å². The van der Waals surface area contributed by atoms with Gasteiger partial charge in [0, 0.05) is 25.3 Å². The van der Waals surface area contributed by atoms with Crippen LogP contribution in [0.3, 0.4) is 0 Å². The summed E-state index contributed by atoms with van der Waals surface area (Å²) in [6.07, 6.45) is -3.09. The van der Waals surface area contributed by atoms with Crippen LogP contribution in [0.2, 0.25) is 0 Å². The molecule has 2 aliphatic rings. The number of sulfonamides is 1. The van der Waals surface area contributed by atoms with Gasteiger partial charge in [0.05, 0.1) is 11.2 Å². The van der Waals surface area contributed by atoms with Gasteiger partial charge in [-0.05, 0) is 42.9 Å². The van der Waals surface area contributed by atoms with Crippen molar-refractivity contribution in [3.05, 3.63) is 29.8 Å². The number of alkyl halides is 2. The van der Waals surface area contributed by atoms with Gasteiger partial charge in [-0.1, -0.05) is 26.0 Å². The van der Waals surface area contributed by atoms with Gasteiger partial charge in [0.2, 0.25) is 15.9 Å². The molecule has 2 heterocycles. The molecule has 1 aromatic carbocycles. The van der Waals surface area contributed by atoms with E-state index in [1.165, 1.54) is 16.4 Å². The standard InChI is InChI=1S/C20H28F2N2O4S/c1-14(2)13-29(27,28)23-10-7-20(8-11-23)9-12-24(19(20)26)16-5-3-15(4-6-16)17(25)18(21)22/h3-6,14,17-18,25H,7-13H2,1-2H3. The number of nitrogens with zero attached hydrogens (tertiary/aromatic N) is 2. The molecule has 2 fully saturated rings. The molecule has 1 spiro atoms. The molecule has 1 atom stereocenters. The van der Waals surface area contributed by atoms with Crippen molar-refractivity contribution < 1.29 is 27.1 Å². The molecular weight excluding hydrogens is 402 g/mol. The van der Waals surface area contributed by atoms with Crippen LogP contribution < -0.4 is 4.90 Å². The van der Waals surface area contributed by atoms with Gasteiger partial charge in [0.15, 0.2) is 0 Å². The number of benzene rings is 1. The van der Waals surface area contributed by atoms with Crippen LogP contribution in [0.4, 0.5) is 14.5 Å². The fourth-order valence-electron chi connectivity index (χ4n) is 4.25. The number of hydrogen-bond acceptors (Lipinski definition) is 4. The number of carbonyl (C=O) groups excluding carboxylic acids is 1. The number of carbonyl (C=O) groups is 1. The Labute approximate surface area is 170 Å². The van der Waals surface area contributed by atoms with E-state index in [-0.39, 0.29) is 23.1 Å². The zero-order chi connectivity index (χ0) is 21.4. The Morgan fingerprint density at radius 1 is 1.07 bits per heavy atom. The van der Waals surface area contributed by atoms with E-state index in [2.05, 4.69) is 0 Å².